The van der Waals surface area contributed by atoms with Crippen molar-refractivity contribution in [3.63, 3.8) is 0 Å². The van der Waals surface area contributed by atoms with Gasteiger partial charge in [-0.05, 0) is 5.56 Å². The highest BCUT2D eigenvalue weighted by molar-refractivity contribution is 5.75. The van der Waals surface area contributed by atoms with Gasteiger partial charge in [-0.3, -0.25) is 0 Å². The van der Waals surface area contributed by atoms with Gasteiger partial charge in [0.15, 0.2) is 6.10 Å². The van der Waals surface area contributed by atoms with Crippen molar-refractivity contribution in [2.75, 3.05) is 13.7 Å². The summed E-state index contributed by atoms with van der Waals surface area (Å²) >= 11 is 0. The van der Waals surface area contributed by atoms with Gasteiger partial charge < -0.3 is 20.0 Å². The first-order chi connectivity index (χ1) is 9.17. The van der Waals surface area contributed by atoms with Crippen molar-refractivity contribution in [3.8, 4) is 0 Å². The summed E-state index contributed by atoms with van der Waals surface area (Å²) in [5.41, 5.74) is 6.63. The molecule has 0 amide bonds. The van der Waals surface area contributed by atoms with Crippen LogP contribution >= 0.6 is 0 Å². The smallest absolute Gasteiger partial charge is 0.335 e. The predicted molar refractivity (Wildman–Crippen MR) is 70.6 cm³/mol. The van der Waals surface area contributed by atoms with Crippen LogP contribution in [0.1, 0.15) is 12.0 Å². The Balaban J connectivity index is 2.57. The highest BCUT2D eigenvalue weighted by Gasteiger charge is 2.21. The molecule has 0 saturated heterocycles. The normalized spacial score (nSPS) is 13.6. The maximum atomic E-state index is 11.6. The number of carbonyl (C=O) groups excluding carboxylic acids is 2. The zero-order valence-corrected chi connectivity index (χ0v) is 11.0. The lowest BCUT2D eigenvalue weighted by atomic mass is 10.1. The van der Waals surface area contributed by atoms with Gasteiger partial charge in [0.1, 0.15) is 6.29 Å². The van der Waals surface area contributed by atoms with E-state index in [4.69, 9.17) is 15.2 Å². The topological polar surface area (TPSA) is 78.6 Å². The molecule has 1 aromatic carbocycles. The molecular weight excluding hydrogens is 246 g/mol. The molecule has 0 aliphatic rings. The van der Waals surface area contributed by atoms with E-state index >= 15 is 0 Å². The van der Waals surface area contributed by atoms with Crippen LogP contribution in [0.5, 0.6) is 0 Å². The van der Waals surface area contributed by atoms with E-state index in [0.29, 0.717) is 6.42 Å². The fraction of sp³-hybridized carbons (Fsp3) is 0.429. The summed E-state index contributed by atoms with van der Waals surface area (Å²) in [5, 5.41) is 0. The number of benzene rings is 1. The summed E-state index contributed by atoms with van der Waals surface area (Å²) in [4.78, 5) is 21.9. The zero-order chi connectivity index (χ0) is 14.1. The summed E-state index contributed by atoms with van der Waals surface area (Å²) in [5.74, 6) is -0.442. The van der Waals surface area contributed by atoms with E-state index in [-0.39, 0.29) is 13.0 Å². The highest BCUT2D eigenvalue weighted by Crippen LogP contribution is 2.08. The fourth-order valence-corrected chi connectivity index (χ4v) is 1.60. The molecule has 0 aliphatic carbocycles. The van der Waals surface area contributed by atoms with Crippen LogP contribution in [0.25, 0.3) is 0 Å². The van der Waals surface area contributed by atoms with Crippen LogP contribution in [-0.4, -0.2) is 38.1 Å². The second-order valence-electron chi connectivity index (χ2n) is 4.20. The van der Waals surface area contributed by atoms with Crippen LogP contribution in [0.2, 0.25) is 0 Å². The third-order valence-electron chi connectivity index (χ3n) is 2.64. The van der Waals surface area contributed by atoms with Crippen LogP contribution in [0.15, 0.2) is 30.3 Å². The van der Waals surface area contributed by atoms with Gasteiger partial charge in [-0.1, -0.05) is 30.3 Å². The van der Waals surface area contributed by atoms with Crippen molar-refractivity contribution in [3.05, 3.63) is 35.9 Å². The number of methoxy groups -OCH3 is 1. The molecule has 5 heteroatoms. The first-order valence-corrected chi connectivity index (χ1v) is 6.10. The van der Waals surface area contributed by atoms with E-state index in [1.165, 1.54) is 7.11 Å². The molecule has 2 atom stereocenters. The molecular formula is C14H19NO4. The molecule has 0 bridgehead atoms. The minimum atomic E-state index is -0.704. The molecule has 0 aliphatic heterocycles. The number of carbonyl (C=O) groups is 2. The zero-order valence-electron chi connectivity index (χ0n) is 11.0. The average Bonchev–Trinajstić information content (AvgIpc) is 2.44. The van der Waals surface area contributed by atoms with Gasteiger partial charge in [-0.2, -0.15) is 0 Å². The van der Waals surface area contributed by atoms with Crippen LogP contribution in [0.4, 0.5) is 0 Å². The van der Waals surface area contributed by atoms with Gasteiger partial charge in [0.2, 0.25) is 0 Å². The summed E-state index contributed by atoms with van der Waals surface area (Å²) < 4.78 is 10.2. The standard InChI is InChI=1S/C14H19NO4/c1-18-14(17)13(19-10-12(15)7-8-16)9-11-5-3-2-4-6-11/h2-6,8,12-13H,7,9-10,15H2,1H3. The molecule has 0 aromatic heterocycles. The van der Waals surface area contributed by atoms with Gasteiger partial charge in [-0.15, -0.1) is 0 Å². The molecule has 0 heterocycles. The molecule has 5 nitrogen and oxygen atoms in total. The number of hydrogen-bond acceptors (Lipinski definition) is 5. The maximum absolute atomic E-state index is 11.6. The van der Waals surface area contributed by atoms with Crippen molar-refractivity contribution >= 4 is 12.3 Å². The highest BCUT2D eigenvalue weighted by atomic mass is 16.6. The van der Waals surface area contributed by atoms with Gasteiger partial charge in [0, 0.05) is 18.9 Å². The van der Waals surface area contributed by atoms with E-state index < -0.39 is 18.1 Å². The van der Waals surface area contributed by atoms with Crippen molar-refractivity contribution in [1.82, 2.24) is 0 Å². The van der Waals surface area contributed by atoms with Gasteiger partial charge in [0.05, 0.1) is 13.7 Å². The SMILES string of the molecule is COC(=O)C(Cc1ccccc1)OCC(N)CC=O. The average molecular weight is 265 g/mol. The number of esters is 1. The molecule has 0 saturated carbocycles. The molecule has 104 valence electrons. The fourth-order valence-electron chi connectivity index (χ4n) is 1.60. The molecule has 1 rings (SSSR count). The van der Waals surface area contributed by atoms with Gasteiger partial charge in [-0.25, -0.2) is 4.79 Å². The Labute approximate surface area is 112 Å². The number of hydrogen-bond donors (Lipinski definition) is 1. The molecule has 0 radical (unpaired) electrons. The summed E-state index contributed by atoms with van der Waals surface area (Å²) in [6.07, 6.45) is 0.656. The minimum Gasteiger partial charge on any atom is -0.467 e. The molecule has 1 aromatic rings. The van der Waals surface area contributed by atoms with E-state index in [1.54, 1.807) is 0 Å². The summed E-state index contributed by atoms with van der Waals surface area (Å²) in [7, 11) is 1.31. The third kappa shape index (κ3) is 5.63. The molecule has 2 unspecified atom stereocenters. The Morgan fingerprint density at radius 2 is 2.05 bits per heavy atom. The predicted octanol–water partition coefficient (Wildman–Crippen LogP) is 0.704. The van der Waals surface area contributed by atoms with Crippen LogP contribution < -0.4 is 5.73 Å². The Hall–Kier alpha value is -1.72. The number of nitrogens with two attached hydrogens (primary N) is 1. The molecule has 0 spiro atoms. The van der Waals surface area contributed by atoms with Crippen LogP contribution in [0, 0.1) is 0 Å². The first-order valence-electron chi connectivity index (χ1n) is 6.10. The minimum absolute atomic E-state index is 0.144. The van der Waals surface area contributed by atoms with Gasteiger partial charge in [0.25, 0.3) is 0 Å². The lowest BCUT2D eigenvalue weighted by Gasteiger charge is -2.17. The van der Waals surface area contributed by atoms with Crippen molar-refractivity contribution in [1.29, 1.82) is 0 Å². The van der Waals surface area contributed by atoms with E-state index in [0.717, 1.165) is 11.8 Å². The van der Waals surface area contributed by atoms with E-state index in [2.05, 4.69) is 0 Å². The Bertz CT molecular complexity index is 394. The van der Waals surface area contributed by atoms with Crippen LogP contribution in [-0.2, 0) is 25.5 Å². The number of rotatable bonds is 8. The quantitative estimate of drug-likeness (QED) is 0.553. The molecule has 2 N–H and O–H groups in total. The number of aldehydes is 1. The lowest BCUT2D eigenvalue weighted by molar-refractivity contribution is -0.154. The second-order valence-corrected chi connectivity index (χ2v) is 4.20. The third-order valence-corrected chi connectivity index (χ3v) is 2.64. The lowest BCUT2D eigenvalue weighted by Crippen LogP contribution is -2.34. The summed E-state index contributed by atoms with van der Waals surface area (Å²) in [6.45, 7) is 0.144. The summed E-state index contributed by atoms with van der Waals surface area (Å²) in [6, 6.07) is 9.09. The van der Waals surface area contributed by atoms with E-state index in [1.807, 2.05) is 30.3 Å². The monoisotopic (exact) mass is 265 g/mol. The van der Waals surface area contributed by atoms with E-state index in [9.17, 15) is 9.59 Å². The van der Waals surface area contributed by atoms with Gasteiger partial charge >= 0.3 is 5.97 Å². The van der Waals surface area contributed by atoms with Crippen molar-refractivity contribution in [2.24, 2.45) is 5.73 Å². The second kappa shape index (κ2) is 8.39. The van der Waals surface area contributed by atoms with Crippen molar-refractivity contribution < 1.29 is 19.1 Å². The Morgan fingerprint density at radius 3 is 2.63 bits per heavy atom. The molecule has 0 fully saturated rings. The first kappa shape index (κ1) is 15.3. The Morgan fingerprint density at radius 1 is 1.37 bits per heavy atom. The largest absolute Gasteiger partial charge is 0.467 e. The Kier molecular flexibility index (Phi) is 6.78. The van der Waals surface area contributed by atoms with Crippen LogP contribution in [0.3, 0.4) is 0 Å². The van der Waals surface area contributed by atoms with Crippen molar-refractivity contribution in [2.45, 2.75) is 25.0 Å². The molecule has 19 heavy (non-hydrogen) atoms. The maximum Gasteiger partial charge on any atom is 0.335 e. The number of ether oxygens (including phenoxy) is 2.